The molecule has 38 heavy (non-hydrogen) atoms. The molecule has 0 spiro atoms. The minimum absolute atomic E-state index is 0.316. The highest BCUT2D eigenvalue weighted by Crippen LogP contribution is 2.38. The summed E-state index contributed by atoms with van der Waals surface area (Å²) in [5.74, 6) is 5.03. The third kappa shape index (κ3) is 8.29. The molecule has 2 aromatic carbocycles. The van der Waals surface area contributed by atoms with Gasteiger partial charge < -0.3 is 18.9 Å². The number of carbonyl (C=O) groups is 3. The molecule has 3 unspecified atom stereocenters. The van der Waals surface area contributed by atoms with Crippen molar-refractivity contribution in [3.8, 4) is 11.8 Å². The molecule has 1 aliphatic heterocycles. The average molecular weight is 557 g/mol. The van der Waals surface area contributed by atoms with Crippen molar-refractivity contribution in [2.75, 3.05) is 6.26 Å². The second-order valence-corrected chi connectivity index (χ2v) is 10.6. The number of unbranched alkanes of at least 4 members (excludes halogenated alkanes) is 2. The molecule has 7 nitrogen and oxygen atoms in total. The van der Waals surface area contributed by atoms with Crippen molar-refractivity contribution in [2.24, 2.45) is 0 Å². The van der Waals surface area contributed by atoms with Crippen molar-refractivity contribution >= 4 is 40.8 Å². The highest BCUT2D eigenvalue weighted by molar-refractivity contribution is 8.12. The van der Waals surface area contributed by atoms with Crippen LogP contribution in [0.5, 0.6) is 0 Å². The first-order valence-electron chi connectivity index (χ1n) is 12.4. The van der Waals surface area contributed by atoms with Crippen LogP contribution < -0.4 is 0 Å². The molecule has 0 saturated carbocycles. The topological polar surface area (TPSA) is 88.1 Å². The summed E-state index contributed by atoms with van der Waals surface area (Å²) in [4.78, 5) is 38.5. The van der Waals surface area contributed by atoms with E-state index in [2.05, 4.69) is 18.8 Å². The van der Waals surface area contributed by atoms with E-state index < -0.39 is 47.1 Å². The molecule has 0 amide bonds. The number of thioether (sulfide) groups is 2. The van der Waals surface area contributed by atoms with Crippen LogP contribution in [-0.4, -0.2) is 53.3 Å². The quantitative estimate of drug-likeness (QED) is 0.166. The fourth-order valence-corrected chi connectivity index (χ4v) is 5.27. The van der Waals surface area contributed by atoms with Gasteiger partial charge in [-0.15, -0.1) is 11.8 Å². The van der Waals surface area contributed by atoms with Gasteiger partial charge in [-0.2, -0.15) is 0 Å². The van der Waals surface area contributed by atoms with Gasteiger partial charge in [0, 0.05) is 23.8 Å². The van der Waals surface area contributed by atoms with Crippen molar-refractivity contribution in [1.29, 1.82) is 0 Å². The van der Waals surface area contributed by atoms with Crippen LogP contribution in [0.25, 0.3) is 0 Å². The molecule has 1 aliphatic rings. The normalized spacial score (nSPS) is 22.5. The zero-order chi connectivity index (χ0) is 27.5. The van der Waals surface area contributed by atoms with Crippen LogP contribution in [0.15, 0.2) is 59.5 Å². The number of rotatable bonds is 8. The van der Waals surface area contributed by atoms with Gasteiger partial charge in [0.05, 0.1) is 11.7 Å². The highest BCUT2D eigenvalue weighted by atomic mass is 32.2. The predicted molar refractivity (Wildman–Crippen MR) is 148 cm³/mol. The van der Waals surface area contributed by atoms with Gasteiger partial charge in [0.25, 0.3) is 0 Å². The zero-order valence-electron chi connectivity index (χ0n) is 21.9. The van der Waals surface area contributed by atoms with Gasteiger partial charge in [0.15, 0.2) is 12.2 Å². The molecular formula is C29H32O7S2. The van der Waals surface area contributed by atoms with Crippen LogP contribution in [0.3, 0.4) is 0 Å². The molecule has 2 aromatic rings. The van der Waals surface area contributed by atoms with Gasteiger partial charge in [-0.1, -0.05) is 55.5 Å². The van der Waals surface area contributed by atoms with Gasteiger partial charge in [-0.3, -0.25) is 4.79 Å². The SMILES string of the molecule is CCCCC#Cc1ccccc1C(=O)O[C@@H]1OC(C)[C@@H](OC(C)=O)C(OC(=O)SC)C1Sc1ccccc1. The fourth-order valence-electron chi connectivity index (χ4n) is 3.86. The molecule has 5 atom stereocenters. The Morgan fingerprint density at radius 2 is 1.68 bits per heavy atom. The maximum atomic E-state index is 13.4. The molecule has 1 saturated heterocycles. The number of carbonyl (C=O) groups excluding carboxylic acids is 3. The Morgan fingerprint density at radius 3 is 2.37 bits per heavy atom. The number of benzene rings is 2. The lowest BCUT2D eigenvalue weighted by Crippen LogP contribution is -2.59. The summed E-state index contributed by atoms with van der Waals surface area (Å²) < 4.78 is 23.3. The lowest BCUT2D eigenvalue weighted by Gasteiger charge is -2.43. The van der Waals surface area contributed by atoms with E-state index in [4.69, 9.17) is 18.9 Å². The molecule has 0 bridgehead atoms. The smallest absolute Gasteiger partial charge is 0.367 e. The molecular weight excluding hydrogens is 524 g/mol. The maximum Gasteiger partial charge on any atom is 0.367 e. The fraction of sp³-hybridized carbons (Fsp3) is 0.414. The summed E-state index contributed by atoms with van der Waals surface area (Å²) in [6.45, 7) is 5.06. The van der Waals surface area contributed by atoms with Crippen molar-refractivity contribution in [3.63, 3.8) is 0 Å². The highest BCUT2D eigenvalue weighted by Gasteiger charge is 2.50. The molecule has 1 fully saturated rings. The molecule has 9 heteroatoms. The lowest BCUT2D eigenvalue weighted by atomic mass is 10.0. The molecule has 1 heterocycles. The van der Waals surface area contributed by atoms with Crippen LogP contribution in [0.4, 0.5) is 4.79 Å². The van der Waals surface area contributed by atoms with E-state index in [1.165, 1.54) is 18.7 Å². The van der Waals surface area contributed by atoms with E-state index in [0.29, 0.717) is 11.1 Å². The van der Waals surface area contributed by atoms with Crippen molar-refractivity contribution < 1.29 is 33.3 Å². The predicted octanol–water partition coefficient (Wildman–Crippen LogP) is 6.09. The van der Waals surface area contributed by atoms with Crippen molar-refractivity contribution in [1.82, 2.24) is 0 Å². The van der Waals surface area contributed by atoms with Gasteiger partial charge in [0.1, 0.15) is 5.25 Å². The van der Waals surface area contributed by atoms with Gasteiger partial charge in [-0.25, -0.2) is 9.59 Å². The minimum Gasteiger partial charge on any atom is -0.456 e. The van der Waals surface area contributed by atoms with E-state index >= 15 is 0 Å². The first-order valence-corrected chi connectivity index (χ1v) is 14.5. The molecule has 0 radical (unpaired) electrons. The van der Waals surface area contributed by atoms with E-state index in [9.17, 15) is 14.4 Å². The van der Waals surface area contributed by atoms with Crippen molar-refractivity contribution in [2.45, 2.75) is 74.8 Å². The first-order chi connectivity index (χ1) is 18.3. The van der Waals surface area contributed by atoms with E-state index in [-0.39, 0.29) is 0 Å². The molecule has 0 N–H and O–H groups in total. The Hall–Kier alpha value is -2.93. The van der Waals surface area contributed by atoms with Crippen LogP contribution in [0, 0.1) is 11.8 Å². The number of hydrogen-bond acceptors (Lipinski definition) is 9. The molecule has 0 aliphatic carbocycles. The Bertz CT molecular complexity index is 1160. The molecule has 3 rings (SSSR count). The standard InChI is InChI=1S/C29H32O7S2/c1-5-6-7-9-14-21-15-12-13-18-23(21)27(31)36-28-26(38-22-16-10-8-11-17-22)25(35-29(32)37-4)24(19(2)33-28)34-20(3)30/h8,10-13,15-19,24-26,28H,5-7H2,1-4H3/t19?,24-,25?,26?,28+/m1/s1. The summed E-state index contributed by atoms with van der Waals surface area (Å²) in [7, 11) is 0. The molecule has 202 valence electrons. The van der Waals surface area contributed by atoms with Crippen LogP contribution >= 0.6 is 23.5 Å². The van der Waals surface area contributed by atoms with Gasteiger partial charge in [0.2, 0.25) is 6.29 Å². The number of hydrogen-bond donors (Lipinski definition) is 0. The third-order valence-electron chi connectivity index (χ3n) is 5.69. The Kier molecular flexibility index (Phi) is 11.6. The third-order valence-corrected chi connectivity index (χ3v) is 7.43. The van der Waals surface area contributed by atoms with Crippen LogP contribution in [0.2, 0.25) is 0 Å². The van der Waals surface area contributed by atoms with Gasteiger partial charge >= 0.3 is 17.2 Å². The molecule has 0 aromatic heterocycles. The first kappa shape index (κ1) is 29.6. The second-order valence-electron chi connectivity index (χ2n) is 8.57. The zero-order valence-corrected chi connectivity index (χ0v) is 23.5. The van der Waals surface area contributed by atoms with Crippen molar-refractivity contribution in [3.05, 3.63) is 65.7 Å². The van der Waals surface area contributed by atoms with E-state index in [0.717, 1.165) is 35.9 Å². The minimum atomic E-state index is -1.10. The number of esters is 2. The lowest BCUT2D eigenvalue weighted by molar-refractivity contribution is -0.229. The summed E-state index contributed by atoms with van der Waals surface area (Å²) >= 11 is 2.22. The monoisotopic (exact) mass is 556 g/mol. The largest absolute Gasteiger partial charge is 0.456 e. The Labute approximate surface area is 232 Å². The summed E-state index contributed by atoms with van der Waals surface area (Å²) in [5.41, 5.74) is 0.879. The van der Waals surface area contributed by atoms with E-state index in [1.807, 2.05) is 36.4 Å². The van der Waals surface area contributed by atoms with Crippen LogP contribution in [0.1, 0.15) is 56.0 Å². The second kappa shape index (κ2) is 14.9. The van der Waals surface area contributed by atoms with E-state index in [1.54, 1.807) is 31.4 Å². The summed E-state index contributed by atoms with van der Waals surface area (Å²) in [6, 6.07) is 16.4. The van der Waals surface area contributed by atoms with Crippen LogP contribution in [-0.2, 0) is 23.7 Å². The Balaban J connectivity index is 1.94. The maximum absolute atomic E-state index is 13.4. The van der Waals surface area contributed by atoms with Gasteiger partial charge in [-0.05, 0) is 55.6 Å². The average Bonchev–Trinajstić information content (AvgIpc) is 2.91. The summed E-state index contributed by atoms with van der Waals surface area (Å²) in [6.07, 6.45) is 0.702. The number of ether oxygens (including phenoxy) is 4. The summed E-state index contributed by atoms with van der Waals surface area (Å²) in [5, 5.41) is -1.27. The Morgan fingerprint density at radius 1 is 0.974 bits per heavy atom.